The van der Waals surface area contributed by atoms with E-state index in [-0.39, 0.29) is 49.2 Å². The second kappa shape index (κ2) is 8.74. The maximum absolute atomic E-state index is 12.1. The Hall–Kier alpha value is -1.24. The molecule has 0 aliphatic carbocycles. The summed E-state index contributed by atoms with van der Waals surface area (Å²) in [6, 6.07) is 10.0. The standard InChI is InChI=1S/C17H23N3O3.Na.H/c1-18-11-12-20(16(18)21)15-7-9-19(10-8-15)17(22)23-13-14-5-3-2-4-6-14;;/h2-6,15H,7-13H2,1H3;;/q;+1;-1. The Kier molecular flexibility index (Phi) is 6.95. The number of carbonyl (C=O) groups is 2. The molecular weight excluding hydrogens is 317 g/mol. The molecule has 2 aliphatic rings. The van der Waals surface area contributed by atoms with E-state index in [2.05, 4.69) is 0 Å². The Labute approximate surface area is 166 Å². The average Bonchev–Trinajstić information content (AvgIpc) is 2.93. The van der Waals surface area contributed by atoms with Gasteiger partial charge in [0.05, 0.1) is 0 Å². The normalized spacial score (nSPS) is 18.5. The van der Waals surface area contributed by atoms with E-state index in [1.165, 1.54) is 0 Å². The van der Waals surface area contributed by atoms with Crippen molar-refractivity contribution in [3.05, 3.63) is 35.9 Å². The quantitative estimate of drug-likeness (QED) is 0.682. The molecule has 0 radical (unpaired) electrons. The molecule has 7 heteroatoms. The van der Waals surface area contributed by atoms with E-state index in [0.717, 1.165) is 31.5 Å². The summed E-state index contributed by atoms with van der Waals surface area (Å²) in [6.07, 6.45) is 1.37. The fourth-order valence-corrected chi connectivity index (χ4v) is 3.18. The molecule has 1 aromatic carbocycles. The van der Waals surface area contributed by atoms with E-state index in [9.17, 15) is 9.59 Å². The van der Waals surface area contributed by atoms with E-state index in [1.54, 1.807) is 9.80 Å². The van der Waals surface area contributed by atoms with E-state index in [0.29, 0.717) is 19.7 Å². The van der Waals surface area contributed by atoms with Crippen LogP contribution in [0.2, 0.25) is 0 Å². The molecule has 1 aromatic rings. The van der Waals surface area contributed by atoms with Crippen molar-refractivity contribution >= 4 is 12.1 Å². The van der Waals surface area contributed by atoms with Gasteiger partial charge in [-0.15, -0.1) is 0 Å². The predicted molar refractivity (Wildman–Crippen MR) is 87.1 cm³/mol. The van der Waals surface area contributed by atoms with Crippen LogP contribution in [0.4, 0.5) is 9.59 Å². The molecule has 0 atom stereocenters. The van der Waals surface area contributed by atoms with Crippen molar-refractivity contribution in [3.8, 4) is 0 Å². The second-order valence-corrected chi connectivity index (χ2v) is 6.16. The van der Waals surface area contributed by atoms with Crippen LogP contribution in [-0.2, 0) is 11.3 Å². The fourth-order valence-electron chi connectivity index (χ4n) is 3.18. The molecule has 0 spiro atoms. The SMILES string of the molecule is CN1CCN(C2CCN(C(=O)OCc3ccccc3)CC2)C1=O.[H-].[Na+]. The average molecular weight is 341 g/mol. The summed E-state index contributed by atoms with van der Waals surface area (Å²) < 4.78 is 5.36. The van der Waals surface area contributed by atoms with Crippen LogP contribution in [-0.4, -0.2) is 66.1 Å². The summed E-state index contributed by atoms with van der Waals surface area (Å²) in [6.45, 7) is 3.17. The van der Waals surface area contributed by atoms with Gasteiger partial charge in [0.2, 0.25) is 0 Å². The van der Waals surface area contributed by atoms with E-state index in [4.69, 9.17) is 4.74 Å². The molecule has 2 aliphatic heterocycles. The van der Waals surface area contributed by atoms with Gasteiger partial charge in [0.1, 0.15) is 6.61 Å². The van der Waals surface area contributed by atoms with Crippen LogP contribution in [0.15, 0.2) is 30.3 Å². The van der Waals surface area contributed by atoms with E-state index >= 15 is 0 Å². The zero-order valence-corrected chi connectivity index (χ0v) is 16.5. The molecule has 2 saturated heterocycles. The number of rotatable bonds is 3. The molecule has 24 heavy (non-hydrogen) atoms. The first-order valence-electron chi connectivity index (χ1n) is 8.12. The maximum atomic E-state index is 12.1. The van der Waals surface area contributed by atoms with Gasteiger partial charge in [0.15, 0.2) is 0 Å². The first kappa shape index (κ1) is 19.1. The largest absolute Gasteiger partial charge is 1.00 e. The Morgan fingerprint density at radius 1 is 1.17 bits per heavy atom. The van der Waals surface area contributed by atoms with Crippen LogP contribution >= 0.6 is 0 Å². The molecule has 0 bridgehead atoms. The number of amides is 3. The van der Waals surface area contributed by atoms with Crippen molar-refractivity contribution < 1.29 is 45.3 Å². The first-order valence-corrected chi connectivity index (χ1v) is 8.12. The van der Waals surface area contributed by atoms with Gasteiger partial charge in [-0.3, -0.25) is 0 Å². The van der Waals surface area contributed by atoms with Crippen molar-refractivity contribution in [2.75, 3.05) is 33.2 Å². The summed E-state index contributed by atoms with van der Waals surface area (Å²) in [7, 11) is 1.83. The van der Waals surface area contributed by atoms with Crippen LogP contribution in [0.3, 0.4) is 0 Å². The molecule has 3 amide bonds. The Morgan fingerprint density at radius 3 is 2.42 bits per heavy atom. The predicted octanol–water partition coefficient (Wildman–Crippen LogP) is -0.728. The van der Waals surface area contributed by atoms with Crippen LogP contribution in [0.5, 0.6) is 0 Å². The van der Waals surface area contributed by atoms with E-state index < -0.39 is 0 Å². The van der Waals surface area contributed by atoms with Crippen LogP contribution in [0, 0.1) is 0 Å². The molecule has 0 N–H and O–H groups in total. The third-order valence-electron chi connectivity index (χ3n) is 4.62. The number of ether oxygens (including phenoxy) is 1. The fraction of sp³-hybridized carbons (Fsp3) is 0.529. The molecule has 0 aromatic heterocycles. The topological polar surface area (TPSA) is 53.1 Å². The number of hydrogen-bond acceptors (Lipinski definition) is 3. The molecule has 2 heterocycles. The third-order valence-corrected chi connectivity index (χ3v) is 4.62. The van der Waals surface area contributed by atoms with Crippen molar-refractivity contribution in [3.63, 3.8) is 0 Å². The number of urea groups is 1. The minimum absolute atomic E-state index is 0. The van der Waals surface area contributed by atoms with Crippen molar-refractivity contribution in [1.29, 1.82) is 0 Å². The van der Waals surface area contributed by atoms with Gasteiger partial charge in [-0.2, -0.15) is 0 Å². The van der Waals surface area contributed by atoms with Gasteiger partial charge >= 0.3 is 41.7 Å². The zero-order chi connectivity index (χ0) is 16.2. The molecule has 6 nitrogen and oxygen atoms in total. The summed E-state index contributed by atoms with van der Waals surface area (Å²) in [5.74, 6) is 0. The summed E-state index contributed by atoms with van der Waals surface area (Å²) in [4.78, 5) is 29.6. The van der Waals surface area contributed by atoms with E-state index in [1.807, 2.05) is 42.3 Å². The zero-order valence-electron chi connectivity index (χ0n) is 15.5. The van der Waals surface area contributed by atoms with Crippen LogP contribution in [0.1, 0.15) is 19.8 Å². The van der Waals surface area contributed by atoms with Gasteiger partial charge < -0.3 is 20.9 Å². The molecule has 0 saturated carbocycles. The molecule has 3 rings (SSSR count). The number of hydrogen-bond donors (Lipinski definition) is 0. The maximum Gasteiger partial charge on any atom is 1.00 e. The molecule has 126 valence electrons. The second-order valence-electron chi connectivity index (χ2n) is 6.16. The summed E-state index contributed by atoms with van der Waals surface area (Å²) in [5.41, 5.74) is 0.987. The summed E-state index contributed by atoms with van der Waals surface area (Å²) >= 11 is 0. The van der Waals surface area contributed by atoms with Crippen molar-refractivity contribution in [2.45, 2.75) is 25.5 Å². The number of likely N-dealkylation sites (tertiary alicyclic amines) is 1. The van der Waals surface area contributed by atoms with Gasteiger partial charge in [-0.25, -0.2) is 9.59 Å². The van der Waals surface area contributed by atoms with Crippen molar-refractivity contribution in [2.24, 2.45) is 0 Å². The number of benzene rings is 1. The minimum atomic E-state index is -0.267. The number of carbonyl (C=O) groups excluding carboxylic acids is 2. The third kappa shape index (κ3) is 4.43. The monoisotopic (exact) mass is 341 g/mol. The number of likely N-dealkylation sites (N-methyl/N-ethyl adjacent to an activating group) is 1. The minimum Gasteiger partial charge on any atom is -1.00 e. The van der Waals surface area contributed by atoms with Crippen molar-refractivity contribution in [1.82, 2.24) is 14.7 Å². The molecule has 0 unspecified atom stereocenters. The Bertz CT molecular complexity index is 568. The van der Waals surface area contributed by atoms with Crippen LogP contribution in [0.25, 0.3) is 0 Å². The number of nitrogens with zero attached hydrogens (tertiary/aromatic N) is 3. The Morgan fingerprint density at radius 2 is 1.83 bits per heavy atom. The van der Waals surface area contributed by atoms with Gasteiger partial charge in [0, 0.05) is 39.3 Å². The first-order chi connectivity index (χ1) is 11.1. The van der Waals surface area contributed by atoms with Gasteiger partial charge in [-0.1, -0.05) is 30.3 Å². The molecule has 2 fully saturated rings. The van der Waals surface area contributed by atoms with Crippen LogP contribution < -0.4 is 29.6 Å². The summed E-state index contributed by atoms with van der Waals surface area (Å²) in [5, 5.41) is 0. The molecular formula is C17H24N3NaO3. The smallest absolute Gasteiger partial charge is 1.00 e. The number of piperidine rings is 1. The Balaban J connectivity index is 0.00000156. The van der Waals surface area contributed by atoms with Gasteiger partial charge in [-0.05, 0) is 18.4 Å². The van der Waals surface area contributed by atoms with Gasteiger partial charge in [0.25, 0.3) is 0 Å².